The number of rotatable bonds is 7. The zero-order valence-corrected chi connectivity index (χ0v) is 18.6. The number of fused-ring (bicyclic) bond motifs is 1. The van der Waals surface area contributed by atoms with E-state index < -0.39 is 0 Å². The Morgan fingerprint density at radius 2 is 2.06 bits per heavy atom. The minimum atomic E-state index is -0.0640. The number of carbonyl (C=O) groups excluding carboxylic acids is 1. The summed E-state index contributed by atoms with van der Waals surface area (Å²) >= 11 is 0. The molecule has 0 saturated carbocycles. The number of hydrogen-bond donors (Lipinski definition) is 1. The molecule has 0 radical (unpaired) electrons. The number of nitrogens with one attached hydrogen (secondary N) is 1. The molecule has 9 nitrogen and oxygen atoms in total. The summed E-state index contributed by atoms with van der Waals surface area (Å²) in [7, 11) is 5.73. The molecule has 1 aliphatic rings. The van der Waals surface area contributed by atoms with Crippen molar-refractivity contribution >= 4 is 17.5 Å². The lowest BCUT2D eigenvalue weighted by atomic mass is 10.1. The van der Waals surface area contributed by atoms with E-state index in [9.17, 15) is 4.79 Å². The van der Waals surface area contributed by atoms with Crippen LogP contribution in [0.4, 0.5) is 11.6 Å². The monoisotopic (exact) mass is 420 g/mol. The van der Waals surface area contributed by atoms with Crippen molar-refractivity contribution in [3.63, 3.8) is 0 Å². The molecule has 0 unspecified atom stereocenters. The van der Waals surface area contributed by atoms with Crippen LogP contribution < -0.4 is 15.1 Å². The molecule has 3 aromatic rings. The summed E-state index contributed by atoms with van der Waals surface area (Å²) in [5.74, 6) is 2.00. The molecule has 0 saturated heterocycles. The van der Waals surface area contributed by atoms with Gasteiger partial charge >= 0.3 is 0 Å². The number of hydrogen-bond acceptors (Lipinski definition) is 7. The summed E-state index contributed by atoms with van der Waals surface area (Å²) < 4.78 is 2.02. The Morgan fingerprint density at radius 3 is 2.77 bits per heavy atom. The van der Waals surface area contributed by atoms with E-state index in [-0.39, 0.29) is 11.9 Å². The summed E-state index contributed by atoms with van der Waals surface area (Å²) in [4.78, 5) is 26.5. The molecule has 4 rings (SSSR count). The van der Waals surface area contributed by atoms with E-state index in [4.69, 9.17) is 9.97 Å². The highest BCUT2D eigenvalue weighted by molar-refractivity contribution is 6.10. The third-order valence-electron chi connectivity index (χ3n) is 5.67. The second-order valence-electron chi connectivity index (χ2n) is 7.97. The molecule has 0 fully saturated rings. The number of pyridine rings is 2. The van der Waals surface area contributed by atoms with E-state index in [1.807, 2.05) is 54.9 Å². The number of aromatic nitrogens is 5. The Balaban J connectivity index is 1.72. The van der Waals surface area contributed by atoms with Gasteiger partial charge in [0.25, 0.3) is 5.91 Å². The van der Waals surface area contributed by atoms with Gasteiger partial charge < -0.3 is 14.8 Å². The van der Waals surface area contributed by atoms with Gasteiger partial charge in [-0.25, -0.2) is 9.97 Å². The first-order valence-corrected chi connectivity index (χ1v) is 10.5. The fraction of sp³-hybridized carbons (Fsp3) is 0.409. The Hall–Kier alpha value is -3.33. The van der Waals surface area contributed by atoms with Gasteiger partial charge in [0.05, 0.1) is 17.8 Å². The van der Waals surface area contributed by atoms with Crippen LogP contribution in [0, 0.1) is 0 Å². The quantitative estimate of drug-likeness (QED) is 0.628. The lowest BCUT2D eigenvalue weighted by molar-refractivity contribution is 0.0996. The molecule has 31 heavy (non-hydrogen) atoms. The second kappa shape index (κ2) is 8.43. The fourth-order valence-corrected chi connectivity index (χ4v) is 3.72. The van der Waals surface area contributed by atoms with Crippen LogP contribution >= 0.6 is 0 Å². The SMILES string of the molecule is CC[C@H](C)n1cnnc1-c1cccc(N2Cc3c(cc(N(C)C)nc3CNC)C2=O)n1. The van der Waals surface area contributed by atoms with Crippen molar-refractivity contribution in [2.75, 3.05) is 30.9 Å². The van der Waals surface area contributed by atoms with Crippen LogP contribution in [0.5, 0.6) is 0 Å². The van der Waals surface area contributed by atoms with E-state index in [0.717, 1.165) is 23.5 Å². The van der Waals surface area contributed by atoms with Crippen molar-refractivity contribution in [2.24, 2.45) is 0 Å². The van der Waals surface area contributed by atoms with Crippen LogP contribution in [-0.2, 0) is 13.1 Å². The van der Waals surface area contributed by atoms with Gasteiger partial charge in [0.2, 0.25) is 0 Å². The molecule has 9 heteroatoms. The maximum absolute atomic E-state index is 13.3. The molecule has 1 amide bonds. The molecule has 162 valence electrons. The predicted molar refractivity (Wildman–Crippen MR) is 120 cm³/mol. The average molecular weight is 421 g/mol. The van der Waals surface area contributed by atoms with Crippen molar-refractivity contribution in [1.29, 1.82) is 0 Å². The van der Waals surface area contributed by atoms with Crippen LogP contribution in [0.15, 0.2) is 30.6 Å². The Morgan fingerprint density at radius 1 is 1.26 bits per heavy atom. The zero-order valence-electron chi connectivity index (χ0n) is 18.6. The van der Waals surface area contributed by atoms with Gasteiger partial charge in [-0.1, -0.05) is 13.0 Å². The van der Waals surface area contributed by atoms with Crippen LogP contribution in [0.2, 0.25) is 0 Å². The van der Waals surface area contributed by atoms with Gasteiger partial charge in [0, 0.05) is 32.2 Å². The van der Waals surface area contributed by atoms with Crippen molar-refractivity contribution in [1.82, 2.24) is 30.0 Å². The van der Waals surface area contributed by atoms with Gasteiger partial charge in [-0.15, -0.1) is 10.2 Å². The smallest absolute Gasteiger partial charge is 0.260 e. The lowest BCUT2D eigenvalue weighted by Crippen LogP contribution is -2.24. The molecule has 0 aromatic carbocycles. The first-order valence-electron chi connectivity index (χ1n) is 10.5. The average Bonchev–Trinajstić information content (AvgIpc) is 3.39. The largest absolute Gasteiger partial charge is 0.363 e. The van der Waals surface area contributed by atoms with E-state index in [1.165, 1.54) is 0 Å². The summed E-state index contributed by atoms with van der Waals surface area (Å²) in [6.07, 6.45) is 2.69. The first kappa shape index (κ1) is 20.9. The molecule has 4 heterocycles. The molecule has 1 atom stereocenters. The lowest BCUT2D eigenvalue weighted by Gasteiger charge is -2.17. The predicted octanol–water partition coefficient (Wildman–Crippen LogP) is 2.65. The van der Waals surface area contributed by atoms with Gasteiger partial charge in [-0.3, -0.25) is 9.69 Å². The standard InChI is InChI=1S/C22H28N8O/c1-6-14(2)30-13-24-27-21(30)17-8-7-9-19(25-17)29-12-16-15(22(29)31)10-20(28(4)5)26-18(16)11-23-3/h7-10,13-14,23H,6,11-12H2,1-5H3/t14-/m0/s1. The van der Waals surface area contributed by atoms with Crippen molar-refractivity contribution in [2.45, 2.75) is 39.4 Å². The van der Waals surface area contributed by atoms with Crippen LogP contribution in [0.3, 0.4) is 0 Å². The maximum atomic E-state index is 13.3. The van der Waals surface area contributed by atoms with Crippen LogP contribution in [-0.4, -0.2) is 51.8 Å². The molecule has 1 N–H and O–H groups in total. The van der Waals surface area contributed by atoms with Gasteiger partial charge in [-0.2, -0.15) is 0 Å². The molecule has 0 spiro atoms. The normalized spacial score (nSPS) is 14.1. The van der Waals surface area contributed by atoms with Crippen molar-refractivity contribution < 1.29 is 4.79 Å². The summed E-state index contributed by atoms with van der Waals surface area (Å²) in [6.45, 7) is 5.28. The van der Waals surface area contributed by atoms with E-state index in [2.05, 4.69) is 29.4 Å². The van der Waals surface area contributed by atoms with Crippen LogP contribution in [0.25, 0.3) is 11.5 Å². The minimum absolute atomic E-state index is 0.0640. The third-order valence-corrected chi connectivity index (χ3v) is 5.67. The maximum Gasteiger partial charge on any atom is 0.260 e. The van der Waals surface area contributed by atoms with E-state index in [1.54, 1.807) is 11.2 Å². The summed E-state index contributed by atoms with van der Waals surface area (Å²) in [6, 6.07) is 7.78. The van der Waals surface area contributed by atoms with Gasteiger partial charge in [0.15, 0.2) is 5.82 Å². The number of anilines is 2. The molecular weight excluding hydrogens is 392 g/mol. The molecular formula is C22H28N8O. The van der Waals surface area contributed by atoms with Crippen LogP contribution in [0.1, 0.15) is 47.9 Å². The molecule has 1 aliphatic heterocycles. The summed E-state index contributed by atoms with van der Waals surface area (Å²) in [5, 5.41) is 11.5. The van der Waals surface area contributed by atoms with Gasteiger partial charge in [0.1, 0.15) is 23.7 Å². The van der Waals surface area contributed by atoms with Crippen molar-refractivity contribution in [3.8, 4) is 11.5 Å². The Bertz CT molecular complexity index is 1110. The topological polar surface area (TPSA) is 92.1 Å². The van der Waals surface area contributed by atoms with E-state index >= 15 is 0 Å². The number of carbonyl (C=O) groups is 1. The molecule has 3 aromatic heterocycles. The number of nitrogens with zero attached hydrogens (tertiary/aromatic N) is 7. The second-order valence-corrected chi connectivity index (χ2v) is 7.97. The molecule has 0 aliphatic carbocycles. The van der Waals surface area contributed by atoms with Gasteiger partial charge in [-0.05, 0) is 38.6 Å². The Labute approximate surface area is 182 Å². The highest BCUT2D eigenvalue weighted by Crippen LogP contribution is 2.32. The minimum Gasteiger partial charge on any atom is -0.363 e. The summed E-state index contributed by atoms with van der Waals surface area (Å²) in [5.41, 5.74) is 3.20. The fourth-order valence-electron chi connectivity index (χ4n) is 3.72. The number of amides is 1. The first-order chi connectivity index (χ1) is 14.9. The van der Waals surface area contributed by atoms with E-state index in [0.29, 0.717) is 36.0 Å². The highest BCUT2D eigenvalue weighted by Gasteiger charge is 2.33. The molecule has 0 bridgehead atoms. The zero-order chi connectivity index (χ0) is 22.1. The highest BCUT2D eigenvalue weighted by atomic mass is 16.2. The Kier molecular flexibility index (Phi) is 5.69. The third kappa shape index (κ3) is 3.76. The van der Waals surface area contributed by atoms with Crippen molar-refractivity contribution in [3.05, 3.63) is 47.4 Å².